The maximum atomic E-state index is 12.8. The van der Waals surface area contributed by atoms with E-state index in [0.29, 0.717) is 6.61 Å². The first-order chi connectivity index (χ1) is 12.4. The van der Waals surface area contributed by atoms with Crippen LogP contribution >= 0.6 is 0 Å². The number of aryl methyl sites for hydroxylation is 1. The van der Waals surface area contributed by atoms with E-state index < -0.39 is 10.8 Å². The summed E-state index contributed by atoms with van der Waals surface area (Å²) in [7, 11) is 0. The lowest BCUT2D eigenvalue weighted by Crippen LogP contribution is -2.59. The van der Waals surface area contributed by atoms with Gasteiger partial charge in [-0.3, -0.25) is 4.79 Å². The van der Waals surface area contributed by atoms with Crippen molar-refractivity contribution in [2.75, 3.05) is 6.61 Å². The van der Waals surface area contributed by atoms with Crippen molar-refractivity contribution < 1.29 is 13.9 Å². The maximum Gasteiger partial charge on any atom is 0.315 e. The molecule has 4 nitrogen and oxygen atoms in total. The van der Waals surface area contributed by atoms with Gasteiger partial charge in [0.25, 0.3) is 0 Å². The zero-order chi connectivity index (χ0) is 18.6. The zero-order valence-corrected chi connectivity index (χ0v) is 15.9. The number of carbonyl (C=O) groups is 1. The minimum atomic E-state index is -0.610. The molecule has 26 heavy (non-hydrogen) atoms. The van der Waals surface area contributed by atoms with E-state index in [1.807, 2.05) is 20.1 Å². The SMILES string of the molecule is CCOC(=O)[C@@]1(C)C=CC[C@]2(C)[C@H]3CCc4cocc4[C@]3(C#N)CC[C@H]21. The van der Waals surface area contributed by atoms with Gasteiger partial charge in [0.1, 0.15) is 0 Å². The number of hydrogen-bond donors (Lipinski definition) is 0. The Bertz CT molecular complexity index is 803. The van der Waals surface area contributed by atoms with Crippen LogP contribution in [-0.2, 0) is 21.4 Å². The fraction of sp³-hybridized carbons (Fsp3) is 0.636. The number of fused-ring (bicyclic) bond motifs is 5. The highest BCUT2D eigenvalue weighted by Crippen LogP contribution is 2.65. The first kappa shape index (κ1) is 17.4. The van der Waals surface area contributed by atoms with Gasteiger partial charge in [0.05, 0.1) is 36.0 Å². The Kier molecular flexibility index (Phi) is 3.84. The lowest BCUT2D eigenvalue weighted by atomic mass is 9.41. The van der Waals surface area contributed by atoms with E-state index in [1.54, 1.807) is 6.26 Å². The van der Waals surface area contributed by atoms with Gasteiger partial charge in [-0.15, -0.1) is 0 Å². The van der Waals surface area contributed by atoms with Crippen molar-refractivity contribution in [3.63, 3.8) is 0 Å². The van der Waals surface area contributed by atoms with Crippen LogP contribution in [0.4, 0.5) is 0 Å². The van der Waals surface area contributed by atoms with E-state index in [9.17, 15) is 10.1 Å². The smallest absolute Gasteiger partial charge is 0.315 e. The molecule has 1 aromatic heterocycles. The van der Waals surface area contributed by atoms with Crippen LogP contribution in [0.2, 0.25) is 0 Å². The summed E-state index contributed by atoms with van der Waals surface area (Å²) in [6.45, 7) is 6.57. The van der Waals surface area contributed by atoms with Crippen molar-refractivity contribution in [3.8, 4) is 6.07 Å². The van der Waals surface area contributed by atoms with Gasteiger partial charge in [-0.25, -0.2) is 0 Å². The molecule has 1 fully saturated rings. The van der Waals surface area contributed by atoms with E-state index in [4.69, 9.17) is 9.15 Å². The van der Waals surface area contributed by atoms with Gasteiger partial charge >= 0.3 is 5.97 Å². The third-order valence-corrected chi connectivity index (χ3v) is 7.60. The predicted molar refractivity (Wildman–Crippen MR) is 97.1 cm³/mol. The van der Waals surface area contributed by atoms with Crippen molar-refractivity contribution in [2.24, 2.45) is 22.7 Å². The number of rotatable bonds is 2. The molecule has 4 rings (SSSR count). The van der Waals surface area contributed by atoms with Crippen molar-refractivity contribution in [3.05, 3.63) is 35.8 Å². The second-order valence-corrected chi connectivity index (χ2v) is 8.69. The molecule has 0 spiro atoms. The first-order valence-electron chi connectivity index (χ1n) is 9.74. The number of ether oxygens (including phenoxy) is 1. The average Bonchev–Trinajstić information content (AvgIpc) is 3.11. The molecule has 5 atom stereocenters. The summed E-state index contributed by atoms with van der Waals surface area (Å²) in [5.41, 5.74) is 1.07. The van der Waals surface area contributed by atoms with E-state index in [1.165, 1.54) is 5.56 Å². The Labute approximate surface area is 155 Å². The molecule has 0 saturated heterocycles. The molecular weight excluding hydrogens is 326 g/mol. The van der Waals surface area contributed by atoms with Gasteiger partial charge in [0.15, 0.2) is 0 Å². The molecule has 4 heteroatoms. The van der Waals surface area contributed by atoms with Crippen molar-refractivity contribution in [1.29, 1.82) is 5.26 Å². The molecule has 0 bridgehead atoms. The normalized spacial score (nSPS) is 40.7. The Morgan fingerprint density at radius 3 is 2.88 bits per heavy atom. The highest BCUT2D eigenvalue weighted by atomic mass is 16.5. The van der Waals surface area contributed by atoms with Gasteiger partial charge in [-0.2, -0.15) is 5.26 Å². The van der Waals surface area contributed by atoms with E-state index in [2.05, 4.69) is 25.1 Å². The zero-order valence-electron chi connectivity index (χ0n) is 15.9. The summed E-state index contributed by atoms with van der Waals surface area (Å²) in [4.78, 5) is 12.8. The van der Waals surface area contributed by atoms with Crippen LogP contribution in [0.15, 0.2) is 29.1 Å². The summed E-state index contributed by atoms with van der Waals surface area (Å²) in [6.07, 6.45) is 12.3. The van der Waals surface area contributed by atoms with Crippen LogP contribution < -0.4 is 0 Å². The van der Waals surface area contributed by atoms with Crippen LogP contribution in [0.1, 0.15) is 57.6 Å². The van der Waals surface area contributed by atoms with Gasteiger partial charge in [-0.05, 0) is 68.8 Å². The molecule has 0 N–H and O–H groups in total. The van der Waals surface area contributed by atoms with Gasteiger partial charge in [0.2, 0.25) is 0 Å². The molecular formula is C22H27NO3. The number of allylic oxidation sites excluding steroid dienone is 1. The number of nitriles is 1. The molecule has 0 amide bonds. The Balaban J connectivity index is 1.80. The minimum absolute atomic E-state index is 0.0980. The molecule has 0 radical (unpaired) electrons. The third kappa shape index (κ3) is 2.03. The topological polar surface area (TPSA) is 63.2 Å². The molecule has 3 aliphatic rings. The van der Waals surface area contributed by atoms with Crippen LogP contribution in [0.3, 0.4) is 0 Å². The standard InChI is InChI=1S/C22H27NO3/c1-4-26-19(24)21(3)10-5-9-20(2)17(21)8-11-22(14-23)16-13-25-12-15(16)6-7-18(20)22/h5,10,12-13,17-18H,4,6-9,11H2,1-3H3/t17-,18-,20+,21+,22-/m1/s1. The Hall–Kier alpha value is -2.02. The Morgan fingerprint density at radius 1 is 1.35 bits per heavy atom. The molecule has 0 unspecified atom stereocenters. The number of furan rings is 1. The number of nitrogens with zero attached hydrogens (tertiary/aromatic N) is 1. The van der Waals surface area contributed by atoms with Gasteiger partial charge in [-0.1, -0.05) is 19.1 Å². The fourth-order valence-electron chi connectivity index (χ4n) is 6.42. The van der Waals surface area contributed by atoms with Gasteiger partial charge < -0.3 is 9.15 Å². The van der Waals surface area contributed by atoms with Crippen LogP contribution in [0.25, 0.3) is 0 Å². The molecule has 1 saturated carbocycles. The summed E-state index contributed by atoms with van der Waals surface area (Å²) in [5.74, 6) is 0.290. The number of hydrogen-bond acceptors (Lipinski definition) is 4. The second-order valence-electron chi connectivity index (χ2n) is 8.69. The quantitative estimate of drug-likeness (QED) is 0.578. The van der Waals surface area contributed by atoms with Gasteiger partial charge in [0, 0.05) is 5.56 Å². The monoisotopic (exact) mass is 353 g/mol. The summed E-state index contributed by atoms with van der Waals surface area (Å²) < 4.78 is 10.9. The van der Waals surface area contributed by atoms with Crippen molar-refractivity contribution >= 4 is 5.97 Å². The molecule has 1 aromatic rings. The Morgan fingerprint density at radius 2 is 2.15 bits per heavy atom. The van der Waals surface area contributed by atoms with Crippen LogP contribution in [0.5, 0.6) is 0 Å². The first-order valence-corrected chi connectivity index (χ1v) is 9.74. The van der Waals surface area contributed by atoms with Crippen molar-refractivity contribution in [2.45, 2.75) is 58.3 Å². The molecule has 138 valence electrons. The van der Waals surface area contributed by atoms with E-state index >= 15 is 0 Å². The highest BCUT2D eigenvalue weighted by molar-refractivity contribution is 5.79. The number of carbonyl (C=O) groups excluding carboxylic acids is 1. The molecule has 0 aliphatic heterocycles. The van der Waals surface area contributed by atoms with Crippen LogP contribution in [0, 0.1) is 34.0 Å². The van der Waals surface area contributed by atoms with E-state index in [-0.39, 0.29) is 23.2 Å². The summed E-state index contributed by atoms with van der Waals surface area (Å²) in [6, 6.07) is 2.70. The predicted octanol–water partition coefficient (Wildman–Crippen LogP) is 4.55. The molecule has 0 aromatic carbocycles. The number of esters is 1. The second kappa shape index (κ2) is 5.74. The highest BCUT2D eigenvalue weighted by Gasteiger charge is 2.63. The lowest BCUT2D eigenvalue weighted by molar-refractivity contribution is -0.164. The third-order valence-electron chi connectivity index (χ3n) is 7.60. The van der Waals surface area contributed by atoms with Crippen LogP contribution in [-0.4, -0.2) is 12.6 Å². The fourth-order valence-corrected chi connectivity index (χ4v) is 6.42. The average molecular weight is 353 g/mol. The lowest BCUT2D eigenvalue weighted by Gasteiger charge is -2.60. The van der Waals surface area contributed by atoms with Crippen molar-refractivity contribution in [1.82, 2.24) is 0 Å². The van der Waals surface area contributed by atoms with E-state index in [0.717, 1.165) is 37.7 Å². The molecule has 1 heterocycles. The summed E-state index contributed by atoms with van der Waals surface area (Å²) >= 11 is 0. The largest absolute Gasteiger partial charge is 0.472 e. The molecule has 3 aliphatic carbocycles. The summed E-state index contributed by atoms with van der Waals surface area (Å²) in [5, 5.41) is 10.3. The maximum absolute atomic E-state index is 12.8. The minimum Gasteiger partial charge on any atom is -0.472 e.